The van der Waals surface area contributed by atoms with E-state index >= 15 is 0 Å². The predicted molar refractivity (Wildman–Crippen MR) is 87.0 cm³/mol. The van der Waals surface area contributed by atoms with Crippen LogP contribution < -0.4 is 5.32 Å². The van der Waals surface area contributed by atoms with E-state index in [4.69, 9.17) is 0 Å². The normalized spacial score (nSPS) is 26.5. The van der Waals surface area contributed by atoms with E-state index in [-0.39, 0.29) is 24.2 Å². The molecule has 0 spiro atoms. The molecule has 2 amide bonds. The number of carbonyl (C=O) groups is 2. The first-order valence-corrected chi connectivity index (χ1v) is 8.16. The Morgan fingerprint density at radius 3 is 2.27 bits per heavy atom. The molecule has 1 N–H and O–H groups in total. The Kier molecular flexibility index (Phi) is 6.06. The van der Waals surface area contributed by atoms with Crippen molar-refractivity contribution in [3.8, 4) is 0 Å². The molecule has 3 aliphatic rings. The van der Waals surface area contributed by atoms with Gasteiger partial charge in [0.2, 0.25) is 11.8 Å². The quantitative estimate of drug-likeness (QED) is 0.777. The highest BCUT2D eigenvalue weighted by molar-refractivity contribution is 5.85. The Bertz CT molecular complexity index is 408. The minimum absolute atomic E-state index is 0. The van der Waals surface area contributed by atoms with Gasteiger partial charge in [-0.15, -0.1) is 12.4 Å². The third kappa shape index (κ3) is 4.12. The summed E-state index contributed by atoms with van der Waals surface area (Å²) in [5.74, 6) is 0.800. The molecule has 2 heterocycles. The maximum Gasteiger partial charge on any atom is 0.236 e. The summed E-state index contributed by atoms with van der Waals surface area (Å²) in [7, 11) is 0. The summed E-state index contributed by atoms with van der Waals surface area (Å²) >= 11 is 0. The van der Waals surface area contributed by atoms with E-state index in [0.717, 1.165) is 32.5 Å². The molecule has 3 fully saturated rings. The fourth-order valence-corrected chi connectivity index (χ4v) is 3.16. The molecule has 0 bridgehead atoms. The van der Waals surface area contributed by atoms with E-state index in [9.17, 15) is 9.59 Å². The van der Waals surface area contributed by atoms with Gasteiger partial charge in [-0.1, -0.05) is 0 Å². The zero-order valence-corrected chi connectivity index (χ0v) is 14.1. The van der Waals surface area contributed by atoms with Crippen molar-refractivity contribution in [3.63, 3.8) is 0 Å². The Hall–Kier alpha value is -0.850. The van der Waals surface area contributed by atoms with Crippen molar-refractivity contribution in [3.05, 3.63) is 0 Å². The highest BCUT2D eigenvalue weighted by Crippen LogP contribution is 2.31. The molecule has 22 heavy (non-hydrogen) atoms. The number of hydrogen-bond donors (Lipinski definition) is 1. The van der Waals surface area contributed by atoms with Crippen molar-refractivity contribution in [2.75, 3.05) is 52.4 Å². The van der Waals surface area contributed by atoms with E-state index in [2.05, 4.69) is 17.1 Å². The fraction of sp³-hybridized carbons (Fsp3) is 0.867. The molecular weight excluding hydrogens is 304 g/mol. The molecule has 0 aromatic heterocycles. The van der Waals surface area contributed by atoms with Gasteiger partial charge in [-0.3, -0.25) is 14.5 Å². The number of amides is 2. The Labute approximate surface area is 138 Å². The third-order valence-electron chi connectivity index (χ3n) is 4.85. The molecule has 6 nitrogen and oxygen atoms in total. The average Bonchev–Trinajstić information content (AvgIpc) is 3.34. The molecule has 3 rings (SSSR count). The van der Waals surface area contributed by atoms with Gasteiger partial charge in [-0.2, -0.15) is 0 Å². The van der Waals surface area contributed by atoms with Gasteiger partial charge in [0.05, 0.1) is 6.54 Å². The second-order valence-corrected chi connectivity index (χ2v) is 6.50. The second-order valence-electron chi connectivity index (χ2n) is 6.50. The predicted octanol–water partition coefficient (Wildman–Crippen LogP) is -0.217. The van der Waals surface area contributed by atoms with E-state index in [0.29, 0.717) is 44.7 Å². The lowest BCUT2D eigenvalue weighted by Crippen LogP contribution is -2.56. The van der Waals surface area contributed by atoms with Crippen molar-refractivity contribution in [2.24, 2.45) is 5.92 Å². The molecule has 7 heteroatoms. The molecule has 1 aliphatic carbocycles. The second kappa shape index (κ2) is 7.62. The monoisotopic (exact) mass is 330 g/mol. The number of rotatable bonds is 3. The molecule has 0 aromatic rings. The van der Waals surface area contributed by atoms with E-state index in [1.165, 1.54) is 0 Å². The van der Waals surface area contributed by atoms with Crippen LogP contribution in [0, 0.1) is 5.92 Å². The minimum atomic E-state index is 0. The summed E-state index contributed by atoms with van der Waals surface area (Å²) in [5, 5.41) is 3.34. The van der Waals surface area contributed by atoms with Gasteiger partial charge in [0.25, 0.3) is 0 Å². The zero-order chi connectivity index (χ0) is 14.8. The molecule has 0 unspecified atom stereocenters. The number of nitrogens with zero attached hydrogens (tertiary/aromatic N) is 3. The summed E-state index contributed by atoms with van der Waals surface area (Å²) in [4.78, 5) is 30.5. The molecule has 2 aliphatic heterocycles. The van der Waals surface area contributed by atoms with Gasteiger partial charge in [0, 0.05) is 57.8 Å². The topological polar surface area (TPSA) is 55.9 Å². The van der Waals surface area contributed by atoms with Crippen LogP contribution in [-0.2, 0) is 9.59 Å². The lowest BCUT2D eigenvalue weighted by molar-refractivity contribution is -0.141. The minimum Gasteiger partial charge on any atom is -0.339 e. The number of piperazine rings is 2. The first kappa shape index (κ1) is 17.5. The highest BCUT2D eigenvalue weighted by atomic mass is 35.5. The molecule has 0 aromatic carbocycles. The van der Waals surface area contributed by atoms with Crippen LogP contribution in [0.25, 0.3) is 0 Å². The van der Waals surface area contributed by atoms with Gasteiger partial charge in [0.1, 0.15) is 0 Å². The molecule has 1 saturated carbocycles. The molecular formula is C15H27ClN4O2. The summed E-state index contributed by atoms with van der Waals surface area (Å²) < 4.78 is 0. The molecule has 2 saturated heterocycles. The smallest absolute Gasteiger partial charge is 0.236 e. The van der Waals surface area contributed by atoms with Crippen molar-refractivity contribution in [2.45, 2.75) is 25.8 Å². The SMILES string of the molecule is C[C@H]1CNCCN1CC(=O)N1CCN(C(=O)C2CC2)CC1.Cl. The Balaban J connectivity index is 0.00000176. The van der Waals surface area contributed by atoms with Crippen molar-refractivity contribution in [1.82, 2.24) is 20.0 Å². The van der Waals surface area contributed by atoms with Crippen LogP contribution in [0.5, 0.6) is 0 Å². The van der Waals surface area contributed by atoms with Crippen LogP contribution in [0.3, 0.4) is 0 Å². The third-order valence-corrected chi connectivity index (χ3v) is 4.85. The molecule has 126 valence electrons. The average molecular weight is 331 g/mol. The van der Waals surface area contributed by atoms with Crippen molar-refractivity contribution < 1.29 is 9.59 Å². The van der Waals surface area contributed by atoms with Gasteiger partial charge in [-0.05, 0) is 19.8 Å². The van der Waals surface area contributed by atoms with Gasteiger partial charge < -0.3 is 15.1 Å². The lowest BCUT2D eigenvalue weighted by Gasteiger charge is -2.38. The molecule has 0 radical (unpaired) electrons. The van der Waals surface area contributed by atoms with E-state index < -0.39 is 0 Å². The number of halogens is 1. The standard InChI is InChI=1S/C15H26N4O2.ClH/c1-12-10-16-4-5-19(12)11-14(20)17-6-8-18(9-7-17)15(21)13-2-3-13;/h12-13,16H,2-11H2,1H3;1H/t12-;/m0./s1. The summed E-state index contributed by atoms with van der Waals surface area (Å²) in [6.07, 6.45) is 2.11. The fourth-order valence-electron chi connectivity index (χ4n) is 3.16. The molecule has 1 atom stereocenters. The first-order valence-electron chi connectivity index (χ1n) is 8.16. The maximum atomic E-state index is 12.4. The van der Waals surface area contributed by atoms with E-state index in [1.54, 1.807) is 0 Å². The summed E-state index contributed by atoms with van der Waals surface area (Å²) in [6, 6.07) is 0.417. The summed E-state index contributed by atoms with van der Waals surface area (Å²) in [5.41, 5.74) is 0. The van der Waals surface area contributed by atoms with Crippen LogP contribution >= 0.6 is 12.4 Å². The van der Waals surface area contributed by atoms with E-state index in [1.807, 2.05) is 9.80 Å². The van der Waals surface area contributed by atoms with Crippen LogP contribution in [0.4, 0.5) is 0 Å². The van der Waals surface area contributed by atoms with Crippen LogP contribution in [0.15, 0.2) is 0 Å². The van der Waals surface area contributed by atoms with Crippen LogP contribution in [0.1, 0.15) is 19.8 Å². The van der Waals surface area contributed by atoms with Crippen molar-refractivity contribution >= 4 is 24.2 Å². The van der Waals surface area contributed by atoms with Crippen LogP contribution in [-0.4, -0.2) is 84.9 Å². The zero-order valence-electron chi connectivity index (χ0n) is 13.3. The number of hydrogen-bond acceptors (Lipinski definition) is 4. The Morgan fingerprint density at radius 2 is 1.68 bits per heavy atom. The van der Waals surface area contributed by atoms with Gasteiger partial charge >= 0.3 is 0 Å². The summed E-state index contributed by atoms with van der Waals surface area (Å²) in [6.45, 7) is 8.32. The maximum absolute atomic E-state index is 12.4. The highest BCUT2D eigenvalue weighted by Gasteiger charge is 2.35. The largest absolute Gasteiger partial charge is 0.339 e. The lowest BCUT2D eigenvalue weighted by atomic mass is 10.2. The number of nitrogens with one attached hydrogen (secondary N) is 1. The number of carbonyl (C=O) groups excluding carboxylic acids is 2. The van der Waals surface area contributed by atoms with Crippen LogP contribution in [0.2, 0.25) is 0 Å². The van der Waals surface area contributed by atoms with Gasteiger partial charge in [0.15, 0.2) is 0 Å². The van der Waals surface area contributed by atoms with Gasteiger partial charge in [-0.25, -0.2) is 0 Å². The first-order chi connectivity index (χ1) is 10.1. The Morgan fingerprint density at radius 1 is 1.05 bits per heavy atom. The van der Waals surface area contributed by atoms with Crippen molar-refractivity contribution in [1.29, 1.82) is 0 Å².